The van der Waals surface area contributed by atoms with E-state index in [1.54, 1.807) is 14.0 Å². The summed E-state index contributed by atoms with van der Waals surface area (Å²) in [4.78, 5) is 44.8. The third-order valence-electron chi connectivity index (χ3n) is 5.97. The fourth-order valence-electron chi connectivity index (χ4n) is 4.17. The first kappa shape index (κ1) is 24.9. The fourth-order valence-corrected chi connectivity index (χ4v) is 4.17. The van der Waals surface area contributed by atoms with E-state index in [9.17, 15) is 23.2 Å². The van der Waals surface area contributed by atoms with Crippen LogP contribution in [-0.2, 0) is 20.8 Å². The molecule has 2 amide bonds. The summed E-state index contributed by atoms with van der Waals surface area (Å²) in [6.45, 7) is 1.56. The van der Waals surface area contributed by atoms with Gasteiger partial charge in [-0.2, -0.15) is 0 Å². The molecule has 0 bridgehead atoms. The highest BCUT2D eigenvalue weighted by molar-refractivity contribution is 6.20. The molecule has 0 fully saturated rings. The van der Waals surface area contributed by atoms with Gasteiger partial charge in [-0.1, -0.05) is 55.5 Å². The summed E-state index contributed by atoms with van der Waals surface area (Å²) in [5.74, 6) is -3.62. The SMILES string of the molecule is C[C@@H](CC(=O)Cc1cc(F)cc(F)c1)C(=O)N[C@@H]1N=C(c2ccccc2)c2ccccc2N(C)C1=O. The minimum Gasteiger partial charge on any atom is -0.326 e. The number of para-hydroxylation sites is 1. The average Bonchev–Trinajstić information content (AvgIpc) is 2.94. The van der Waals surface area contributed by atoms with Crippen molar-refractivity contribution in [1.29, 1.82) is 0 Å². The second-order valence-corrected chi connectivity index (χ2v) is 8.77. The predicted molar refractivity (Wildman–Crippen MR) is 133 cm³/mol. The van der Waals surface area contributed by atoms with Crippen molar-refractivity contribution in [3.63, 3.8) is 0 Å². The Morgan fingerprint density at radius 3 is 2.33 bits per heavy atom. The molecule has 8 heteroatoms. The van der Waals surface area contributed by atoms with Crippen LogP contribution in [0.2, 0.25) is 0 Å². The number of halogens is 2. The number of hydrogen-bond acceptors (Lipinski definition) is 4. The number of rotatable bonds is 7. The molecule has 0 saturated heterocycles. The van der Waals surface area contributed by atoms with E-state index in [4.69, 9.17) is 0 Å². The van der Waals surface area contributed by atoms with Gasteiger partial charge in [0.2, 0.25) is 12.1 Å². The first-order valence-electron chi connectivity index (χ1n) is 11.5. The number of amides is 2. The zero-order chi connectivity index (χ0) is 25.8. The molecule has 184 valence electrons. The average molecular weight is 490 g/mol. The van der Waals surface area contributed by atoms with Gasteiger partial charge in [0, 0.05) is 43.0 Å². The molecule has 6 nitrogen and oxygen atoms in total. The molecule has 1 aliphatic rings. The highest BCUT2D eigenvalue weighted by atomic mass is 19.1. The summed E-state index contributed by atoms with van der Waals surface area (Å²) in [6, 6.07) is 19.6. The normalized spacial score (nSPS) is 16.0. The highest BCUT2D eigenvalue weighted by Crippen LogP contribution is 2.27. The molecule has 0 radical (unpaired) electrons. The van der Waals surface area contributed by atoms with Crippen molar-refractivity contribution in [3.05, 3.63) is 101 Å². The molecule has 1 heterocycles. The van der Waals surface area contributed by atoms with E-state index >= 15 is 0 Å². The molecule has 0 aliphatic carbocycles. The van der Waals surface area contributed by atoms with E-state index in [0.717, 1.165) is 29.3 Å². The maximum atomic E-state index is 13.4. The molecule has 2 atom stereocenters. The number of hydrogen-bond donors (Lipinski definition) is 1. The molecular weight excluding hydrogens is 464 g/mol. The summed E-state index contributed by atoms with van der Waals surface area (Å²) in [7, 11) is 1.62. The first-order valence-corrected chi connectivity index (χ1v) is 11.5. The molecule has 0 spiro atoms. The van der Waals surface area contributed by atoms with Crippen LogP contribution < -0.4 is 10.2 Å². The van der Waals surface area contributed by atoms with Crippen molar-refractivity contribution >= 4 is 29.0 Å². The number of Topliss-reactive ketones (excluding diaryl/α,β-unsaturated/α-hetero) is 1. The van der Waals surface area contributed by atoms with E-state index in [2.05, 4.69) is 10.3 Å². The summed E-state index contributed by atoms with van der Waals surface area (Å²) < 4.78 is 26.8. The number of likely N-dealkylation sites (N-methyl/N-ethyl adjacent to an activating group) is 1. The van der Waals surface area contributed by atoms with Crippen LogP contribution in [0.1, 0.15) is 30.0 Å². The lowest BCUT2D eigenvalue weighted by Gasteiger charge is -2.22. The smallest absolute Gasteiger partial charge is 0.272 e. The molecule has 1 N–H and O–H groups in total. The Kier molecular flexibility index (Phi) is 7.33. The van der Waals surface area contributed by atoms with Crippen LogP contribution in [0, 0.1) is 17.6 Å². The van der Waals surface area contributed by atoms with Gasteiger partial charge in [0.15, 0.2) is 0 Å². The molecule has 1 aliphatic heterocycles. The van der Waals surface area contributed by atoms with E-state index < -0.39 is 35.5 Å². The summed E-state index contributed by atoms with van der Waals surface area (Å²) in [6.07, 6.45) is -1.56. The van der Waals surface area contributed by atoms with Gasteiger partial charge in [-0.05, 0) is 23.8 Å². The molecule has 4 rings (SSSR count). The maximum absolute atomic E-state index is 13.4. The number of anilines is 1. The topological polar surface area (TPSA) is 78.8 Å². The lowest BCUT2D eigenvalue weighted by atomic mass is 9.99. The van der Waals surface area contributed by atoms with Crippen LogP contribution >= 0.6 is 0 Å². The molecule has 3 aromatic rings. The molecule has 36 heavy (non-hydrogen) atoms. The molecule has 0 unspecified atom stereocenters. The Bertz CT molecular complexity index is 1320. The van der Waals surface area contributed by atoms with Crippen molar-refractivity contribution in [2.45, 2.75) is 25.9 Å². The summed E-state index contributed by atoms with van der Waals surface area (Å²) >= 11 is 0. The second kappa shape index (κ2) is 10.6. The van der Waals surface area contributed by atoms with Gasteiger partial charge in [-0.3, -0.25) is 14.4 Å². The van der Waals surface area contributed by atoms with Crippen molar-refractivity contribution in [3.8, 4) is 0 Å². The largest absolute Gasteiger partial charge is 0.326 e. The Morgan fingerprint density at radius 2 is 1.64 bits per heavy atom. The maximum Gasteiger partial charge on any atom is 0.272 e. The number of ketones is 1. The van der Waals surface area contributed by atoms with Crippen molar-refractivity contribution in [2.24, 2.45) is 10.9 Å². The quantitative estimate of drug-likeness (QED) is 0.544. The Hall–Kier alpha value is -4.20. The number of benzodiazepines with no additional fused rings is 1. The van der Waals surface area contributed by atoms with Crippen molar-refractivity contribution < 1.29 is 23.2 Å². The Labute approximate surface area is 207 Å². The molecule has 0 saturated carbocycles. The lowest BCUT2D eigenvalue weighted by molar-refractivity contribution is -0.131. The van der Waals surface area contributed by atoms with Gasteiger partial charge >= 0.3 is 0 Å². The highest BCUT2D eigenvalue weighted by Gasteiger charge is 2.32. The zero-order valence-electron chi connectivity index (χ0n) is 19.9. The summed E-state index contributed by atoms with van der Waals surface area (Å²) in [5.41, 5.74) is 2.96. The van der Waals surface area contributed by atoms with E-state index in [0.29, 0.717) is 11.4 Å². The predicted octanol–water partition coefficient (Wildman–Crippen LogP) is 4.06. The number of nitrogens with one attached hydrogen (secondary N) is 1. The zero-order valence-corrected chi connectivity index (χ0v) is 19.9. The third kappa shape index (κ3) is 5.54. The van der Waals surface area contributed by atoms with Crippen LogP contribution in [0.15, 0.2) is 77.8 Å². The minimum absolute atomic E-state index is 0.157. The number of carbonyl (C=O) groups is 3. The van der Waals surface area contributed by atoms with Gasteiger partial charge < -0.3 is 10.2 Å². The number of carbonyl (C=O) groups excluding carboxylic acids is 3. The van der Waals surface area contributed by atoms with Crippen LogP contribution in [0.3, 0.4) is 0 Å². The summed E-state index contributed by atoms with van der Waals surface area (Å²) in [5, 5.41) is 2.67. The van der Waals surface area contributed by atoms with Gasteiger partial charge in [0.1, 0.15) is 17.4 Å². The standard InChI is InChI=1S/C28H25F2N3O3/c1-17(12-22(34)15-18-13-20(29)16-21(30)14-18)27(35)32-26-28(36)33(2)24-11-7-6-10-23(24)25(31-26)19-8-4-3-5-9-19/h3-11,13-14,16-17,26H,12,15H2,1-2H3,(H,32,35)/t17-,26-/m0/s1. The molecule has 3 aromatic carbocycles. The van der Waals surface area contributed by atoms with Gasteiger partial charge in [0.05, 0.1) is 11.4 Å². The van der Waals surface area contributed by atoms with E-state index in [1.807, 2.05) is 54.6 Å². The third-order valence-corrected chi connectivity index (χ3v) is 5.97. The fraction of sp³-hybridized carbons (Fsp3) is 0.214. The Morgan fingerprint density at radius 1 is 1.00 bits per heavy atom. The monoisotopic (exact) mass is 489 g/mol. The van der Waals surface area contributed by atoms with Crippen LogP contribution in [0.25, 0.3) is 0 Å². The van der Waals surface area contributed by atoms with Crippen molar-refractivity contribution in [1.82, 2.24) is 5.32 Å². The minimum atomic E-state index is -1.19. The number of fused-ring (bicyclic) bond motifs is 1. The Balaban J connectivity index is 1.53. The molecular formula is C28H25F2N3O3. The van der Waals surface area contributed by atoms with Gasteiger partial charge in [0.25, 0.3) is 5.91 Å². The lowest BCUT2D eigenvalue weighted by Crippen LogP contribution is -2.47. The van der Waals surface area contributed by atoms with Crippen LogP contribution in [-0.4, -0.2) is 36.5 Å². The van der Waals surface area contributed by atoms with E-state index in [-0.39, 0.29) is 24.2 Å². The first-order chi connectivity index (χ1) is 17.2. The second-order valence-electron chi connectivity index (χ2n) is 8.77. The van der Waals surface area contributed by atoms with Crippen LogP contribution in [0.5, 0.6) is 0 Å². The van der Waals surface area contributed by atoms with Gasteiger partial charge in [-0.15, -0.1) is 0 Å². The number of aliphatic imine (C=N–C) groups is 1. The van der Waals surface area contributed by atoms with Gasteiger partial charge in [-0.25, -0.2) is 13.8 Å². The number of benzene rings is 3. The van der Waals surface area contributed by atoms with E-state index in [1.165, 1.54) is 4.90 Å². The molecule has 0 aromatic heterocycles. The number of nitrogens with zero attached hydrogens (tertiary/aromatic N) is 2. The van der Waals surface area contributed by atoms with Crippen LogP contribution in [0.4, 0.5) is 14.5 Å². The van der Waals surface area contributed by atoms with Crippen molar-refractivity contribution in [2.75, 3.05) is 11.9 Å².